The van der Waals surface area contributed by atoms with Crippen LogP contribution in [-0.2, 0) is 9.47 Å². The molecular formula is C19H29ClN4O2. The number of rotatable bonds is 4. The van der Waals surface area contributed by atoms with E-state index in [9.17, 15) is 0 Å². The van der Waals surface area contributed by atoms with Crippen molar-refractivity contribution in [3.63, 3.8) is 0 Å². The average molecular weight is 381 g/mol. The first-order valence-electron chi connectivity index (χ1n) is 9.25. The molecule has 2 saturated heterocycles. The highest BCUT2D eigenvalue weighted by Gasteiger charge is 2.33. The minimum atomic E-state index is -0.159. The standard InChI is InChI=1S/C19H29ClN4O2/c1-21-18(22-15-19(25-2)7-13-26-14-8-19)24-11-9-23(10-12-24)17-6-4-3-5-16(17)20/h3-6H,7-15H2,1-2H3,(H,21,22). The molecule has 144 valence electrons. The maximum atomic E-state index is 6.34. The van der Waals surface area contributed by atoms with Crippen molar-refractivity contribution >= 4 is 23.2 Å². The van der Waals surface area contributed by atoms with E-state index in [1.807, 2.05) is 25.2 Å². The number of nitrogens with zero attached hydrogens (tertiary/aromatic N) is 3. The summed E-state index contributed by atoms with van der Waals surface area (Å²) in [5, 5.41) is 4.33. The first kappa shape index (κ1) is 19.3. The van der Waals surface area contributed by atoms with Gasteiger partial charge in [-0.1, -0.05) is 23.7 Å². The molecule has 2 heterocycles. The van der Waals surface area contributed by atoms with Crippen molar-refractivity contribution in [3.05, 3.63) is 29.3 Å². The monoisotopic (exact) mass is 380 g/mol. The van der Waals surface area contributed by atoms with Gasteiger partial charge < -0.3 is 24.6 Å². The van der Waals surface area contributed by atoms with Gasteiger partial charge in [0, 0.05) is 72.9 Å². The molecule has 0 unspecified atom stereocenters. The summed E-state index contributed by atoms with van der Waals surface area (Å²) in [5.41, 5.74) is 0.949. The van der Waals surface area contributed by atoms with Crippen LogP contribution in [0.4, 0.5) is 5.69 Å². The van der Waals surface area contributed by atoms with E-state index >= 15 is 0 Å². The largest absolute Gasteiger partial charge is 0.381 e. The summed E-state index contributed by atoms with van der Waals surface area (Å²) < 4.78 is 11.3. The average Bonchev–Trinajstić information content (AvgIpc) is 2.70. The van der Waals surface area contributed by atoms with E-state index in [2.05, 4.69) is 26.2 Å². The van der Waals surface area contributed by atoms with E-state index < -0.39 is 0 Å². The lowest BCUT2D eigenvalue weighted by molar-refractivity contribution is -0.0857. The van der Waals surface area contributed by atoms with Crippen molar-refractivity contribution in [2.45, 2.75) is 18.4 Å². The fourth-order valence-corrected chi connectivity index (χ4v) is 3.89. The number of guanidine groups is 1. The van der Waals surface area contributed by atoms with Crippen LogP contribution in [0.3, 0.4) is 0 Å². The predicted molar refractivity (Wildman–Crippen MR) is 106 cm³/mol. The zero-order valence-corrected chi connectivity index (χ0v) is 16.5. The molecule has 2 fully saturated rings. The van der Waals surface area contributed by atoms with Gasteiger partial charge in [0.15, 0.2) is 5.96 Å². The minimum absolute atomic E-state index is 0.159. The second-order valence-corrected chi connectivity index (χ2v) is 7.23. The van der Waals surface area contributed by atoms with Crippen LogP contribution in [0.25, 0.3) is 0 Å². The van der Waals surface area contributed by atoms with Crippen LogP contribution in [0.1, 0.15) is 12.8 Å². The van der Waals surface area contributed by atoms with Gasteiger partial charge in [-0.2, -0.15) is 0 Å². The Labute approximate surface area is 161 Å². The lowest BCUT2D eigenvalue weighted by atomic mass is 9.94. The second-order valence-electron chi connectivity index (χ2n) is 6.83. The van der Waals surface area contributed by atoms with Crippen molar-refractivity contribution in [2.75, 3.05) is 65.0 Å². The number of piperazine rings is 1. The summed E-state index contributed by atoms with van der Waals surface area (Å²) in [6.07, 6.45) is 1.82. The molecular weight excluding hydrogens is 352 g/mol. The summed E-state index contributed by atoms with van der Waals surface area (Å²) in [4.78, 5) is 9.11. The predicted octanol–water partition coefficient (Wildman–Crippen LogP) is 2.23. The minimum Gasteiger partial charge on any atom is -0.381 e. The van der Waals surface area contributed by atoms with Crippen LogP contribution in [-0.4, -0.2) is 76.6 Å². The number of para-hydroxylation sites is 1. The molecule has 0 radical (unpaired) electrons. The third-order valence-electron chi connectivity index (χ3n) is 5.39. The van der Waals surface area contributed by atoms with Gasteiger partial charge in [-0.15, -0.1) is 0 Å². The molecule has 0 bridgehead atoms. The van der Waals surface area contributed by atoms with Crippen molar-refractivity contribution in [1.29, 1.82) is 0 Å². The van der Waals surface area contributed by atoms with Gasteiger partial charge >= 0.3 is 0 Å². The zero-order valence-electron chi connectivity index (χ0n) is 15.7. The Morgan fingerprint density at radius 3 is 2.54 bits per heavy atom. The molecule has 0 amide bonds. The van der Waals surface area contributed by atoms with Crippen LogP contribution >= 0.6 is 11.6 Å². The number of aliphatic imine (C=N–C) groups is 1. The molecule has 26 heavy (non-hydrogen) atoms. The second kappa shape index (κ2) is 8.93. The molecule has 0 aliphatic carbocycles. The summed E-state index contributed by atoms with van der Waals surface area (Å²) in [6, 6.07) is 8.03. The van der Waals surface area contributed by atoms with Gasteiger partial charge in [-0.3, -0.25) is 4.99 Å². The summed E-state index contributed by atoms with van der Waals surface area (Å²) >= 11 is 6.34. The van der Waals surface area contributed by atoms with E-state index in [0.717, 1.165) is 75.4 Å². The smallest absolute Gasteiger partial charge is 0.193 e. The number of nitrogens with one attached hydrogen (secondary N) is 1. The highest BCUT2D eigenvalue weighted by Crippen LogP contribution is 2.26. The first-order chi connectivity index (χ1) is 12.7. The number of methoxy groups -OCH3 is 1. The Kier molecular flexibility index (Phi) is 6.62. The Hall–Kier alpha value is -1.50. The summed E-state index contributed by atoms with van der Waals surface area (Å²) in [5.74, 6) is 0.937. The van der Waals surface area contributed by atoms with Gasteiger partial charge in [0.25, 0.3) is 0 Å². The number of benzene rings is 1. The highest BCUT2D eigenvalue weighted by atomic mass is 35.5. The maximum Gasteiger partial charge on any atom is 0.193 e. The Morgan fingerprint density at radius 1 is 1.23 bits per heavy atom. The fraction of sp³-hybridized carbons (Fsp3) is 0.632. The van der Waals surface area contributed by atoms with Crippen LogP contribution < -0.4 is 10.2 Å². The van der Waals surface area contributed by atoms with E-state index in [0.29, 0.717) is 0 Å². The first-order valence-corrected chi connectivity index (χ1v) is 9.63. The van der Waals surface area contributed by atoms with Crippen molar-refractivity contribution in [1.82, 2.24) is 10.2 Å². The van der Waals surface area contributed by atoms with Crippen LogP contribution in [0.2, 0.25) is 5.02 Å². The normalized spacial score (nSPS) is 21.0. The molecule has 6 nitrogen and oxygen atoms in total. The Morgan fingerprint density at radius 2 is 1.92 bits per heavy atom. The summed E-state index contributed by atoms with van der Waals surface area (Å²) in [6.45, 7) is 5.93. The molecule has 2 aliphatic rings. The molecule has 7 heteroatoms. The molecule has 2 aliphatic heterocycles. The van der Waals surface area contributed by atoms with Crippen LogP contribution in [0, 0.1) is 0 Å². The number of ether oxygens (including phenoxy) is 2. The Bertz CT molecular complexity index is 611. The molecule has 1 N–H and O–H groups in total. The van der Waals surface area contributed by atoms with Gasteiger partial charge in [-0.05, 0) is 12.1 Å². The van der Waals surface area contributed by atoms with Crippen molar-refractivity contribution in [3.8, 4) is 0 Å². The van der Waals surface area contributed by atoms with Crippen molar-refractivity contribution < 1.29 is 9.47 Å². The van der Waals surface area contributed by atoms with E-state index in [4.69, 9.17) is 21.1 Å². The third kappa shape index (κ3) is 4.42. The van der Waals surface area contributed by atoms with E-state index in [1.165, 1.54) is 0 Å². The number of halogens is 1. The van der Waals surface area contributed by atoms with Crippen LogP contribution in [0.5, 0.6) is 0 Å². The van der Waals surface area contributed by atoms with Gasteiger partial charge in [0.1, 0.15) is 0 Å². The molecule has 0 aromatic heterocycles. The number of anilines is 1. The van der Waals surface area contributed by atoms with Gasteiger partial charge in [0.05, 0.1) is 16.3 Å². The number of hydrogen-bond donors (Lipinski definition) is 1. The quantitative estimate of drug-likeness (QED) is 0.641. The van der Waals surface area contributed by atoms with Gasteiger partial charge in [-0.25, -0.2) is 0 Å². The molecule has 3 rings (SSSR count). The molecule has 1 aromatic rings. The molecule has 0 saturated carbocycles. The van der Waals surface area contributed by atoms with E-state index in [-0.39, 0.29) is 5.60 Å². The Balaban J connectivity index is 1.54. The van der Waals surface area contributed by atoms with Crippen molar-refractivity contribution in [2.24, 2.45) is 4.99 Å². The molecule has 0 spiro atoms. The fourth-order valence-electron chi connectivity index (χ4n) is 3.64. The third-order valence-corrected chi connectivity index (χ3v) is 5.71. The SMILES string of the molecule is CN=C(NCC1(OC)CCOCC1)N1CCN(c2ccccc2Cl)CC1. The maximum absolute atomic E-state index is 6.34. The topological polar surface area (TPSA) is 49.3 Å². The van der Waals surface area contributed by atoms with Crippen LogP contribution in [0.15, 0.2) is 29.3 Å². The highest BCUT2D eigenvalue weighted by molar-refractivity contribution is 6.33. The zero-order chi connectivity index (χ0) is 18.4. The lowest BCUT2D eigenvalue weighted by Crippen LogP contribution is -2.56. The number of hydrogen-bond acceptors (Lipinski definition) is 4. The molecule has 1 aromatic carbocycles. The summed E-state index contributed by atoms with van der Waals surface area (Å²) in [7, 11) is 3.63. The van der Waals surface area contributed by atoms with E-state index in [1.54, 1.807) is 7.11 Å². The lowest BCUT2D eigenvalue weighted by Gasteiger charge is -2.40. The molecule has 0 atom stereocenters. The van der Waals surface area contributed by atoms with Gasteiger partial charge in [0.2, 0.25) is 0 Å².